The minimum atomic E-state index is -0.0714. The summed E-state index contributed by atoms with van der Waals surface area (Å²) in [6.07, 6.45) is 2.06. The Kier molecular flexibility index (Phi) is 3.70. The van der Waals surface area contributed by atoms with Gasteiger partial charge in [0, 0.05) is 11.1 Å². The van der Waals surface area contributed by atoms with Gasteiger partial charge in [0.15, 0.2) is 0 Å². The highest BCUT2D eigenvalue weighted by molar-refractivity contribution is 6.34. The van der Waals surface area contributed by atoms with Crippen LogP contribution in [0.25, 0.3) is 0 Å². The maximum absolute atomic E-state index is 5.93. The number of halogens is 2. The first-order chi connectivity index (χ1) is 6.46. The third-order valence-electron chi connectivity index (χ3n) is 2.14. The van der Waals surface area contributed by atoms with Crippen molar-refractivity contribution in [2.24, 2.45) is 0 Å². The molecule has 5 heteroatoms. The van der Waals surface area contributed by atoms with E-state index in [4.69, 9.17) is 23.2 Å². The maximum Gasteiger partial charge on any atom is 0.137 e. The van der Waals surface area contributed by atoms with Crippen molar-refractivity contribution in [3.05, 3.63) is 22.2 Å². The Hall–Kier alpha value is -0.380. The Labute approximate surface area is 93.9 Å². The number of rotatable bonds is 3. The maximum atomic E-state index is 5.93. The van der Waals surface area contributed by atoms with Crippen molar-refractivity contribution in [1.29, 1.82) is 0 Å². The van der Waals surface area contributed by atoms with E-state index in [2.05, 4.69) is 29.1 Å². The molecule has 0 atom stereocenters. The minimum absolute atomic E-state index is 0.0714. The van der Waals surface area contributed by atoms with E-state index in [0.717, 1.165) is 5.56 Å². The van der Waals surface area contributed by atoms with Gasteiger partial charge in [-0.05, 0) is 27.3 Å². The summed E-state index contributed by atoms with van der Waals surface area (Å²) in [6.45, 7) is 4.12. The van der Waals surface area contributed by atoms with E-state index in [-0.39, 0.29) is 5.54 Å². The molecule has 0 radical (unpaired) electrons. The molecule has 1 rings (SSSR count). The third-order valence-corrected chi connectivity index (χ3v) is 2.79. The molecule has 0 aliphatic heterocycles. The molecule has 1 heterocycles. The number of nitrogens with one attached hydrogen (secondary N) is 1. The lowest BCUT2D eigenvalue weighted by atomic mass is 9.97. The van der Waals surface area contributed by atoms with Crippen LogP contribution >= 0.6 is 23.2 Å². The van der Waals surface area contributed by atoms with Crippen molar-refractivity contribution in [1.82, 2.24) is 15.3 Å². The summed E-state index contributed by atoms with van der Waals surface area (Å²) in [6, 6.07) is 0. The number of hydrogen-bond acceptors (Lipinski definition) is 3. The van der Waals surface area contributed by atoms with Gasteiger partial charge in [-0.15, -0.1) is 0 Å². The molecule has 14 heavy (non-hydrogen) atoms. The predicted molar refractivity (Wildman–Crippen MR) is 58.9 cm³/mol. The highest BCUT2D eigenvalue weighted by atomic mass is 35.5. The Bertz CT molecular complexity index is 306. The van der Waals surface area contributed by atoms with Crippen LogP contribution in [0.1, 0.15) is 19.4 Å². The van der Waals surface area contributed by atoms with Crippen molar-refractivity contribution in [3.63, 3.8) is 0 Å². The number of nitrogens with zero attached hydrogens (tertiary/aromatic N) is 2. The van der Waals surface area contributed by atoms with Crippen molar-refractivity contribution in [2.45, 2.75) is 25.8 Å². The lowest BCUT2D eigenvalue weighted by Gasteiger charge is -2.24. The van der Waals surface area contributed by atoms with Crippen LogP contribution in [-0.4, -0.2) is 22.6 Å². The molecule has 1 aromatic heterocycles. The van der Waals surface area contributed by atoms with E-state index in [1.165, 1.54) is 6.33 Å². The van der Waals surface area contributed by atoms with Gasteiger partial charge in [-0.3, -0.25) is 0 Å². The lowest BCUT2D eigenvalue weighted by Crippen LogP contribution is -2.38. The van der Waals surface area contributed by atoms with Crippen LogP contribution in [0.15, 0.2) is 6.33 Å². The van der Waals surface area contributed by atoms with Gasteiger partial charge in [0.05, 0.1) is 0 Å². The zero-order valence-corrected chi connectivity index (χ0v) is 9.95. The van der Waals surface area contributed by atoms with Crippen LogP contribution in [-0.2, 0) is 6.42 Å². The minimum Gasteiger partial charge on any atom is -0.314 e. The zero-order chi connectivity index (χ0) is 10.8. The van der Waals surface area contributed by atoms with E-state index in [9.17, 15) is 0 Å². The summed E-state index contributed by atoms with van der Waals surface area (Å²) in [5.74, 6) is 0. The Balaban J connectivity index is 2.97. The first-order valence-corrected chi connectivity index (χ1v) is 5.05. The Morgan fingerprint density at radius 3 is 2.21 bits per heavy atom. The molecule has 1 aromatic rings. The van der Waals surface area contributed by atoms with E-state index in [1.54, 1.807) is 0 Å². The number of aromatic nitrogens is 2. The molecular formula is C9H13Cl2N3. The fourth-order valence-corrected chi connectivity index (χ4v) is 1.50. The largest absolute Gasteiger partial charge is 0.314 e. The number of hydrogen-bond donors (Lipinski definition) is 1. The quantitative estimate of drug-likeness (QED) is 0.815. The highest BCUT2D eigenvalue weighted by Crippen LogP contribution is 2.24. The van der Waals surface area contributed by atoms with Gasteiger partial charge in [0.25, 0.3) is 0 Å². The van der Waals surface area contributed by atoms with Crippen molar-refractivity contribution < 1.29 is 0 Å². The molecule has 0 saturated carbocycles. The fourth-order valence-electron chi connectivity index (χ4n) is 1.05. The van der Waals surface area contributed by atoms with E-state index < -0.39 is 0 Å². The average molecular weight is 234 g/mol. The summed E-state index contributed by atoms with van der Waals surface area (Å²) in [5, 5.41) is 4.02. The summed E-state index contributed by atoms with van der Waals surface area (Å²) in [4.78, 5) is 7.80. The standard InChI is InChI=1S/C9H13Cl2N3/c1-9(2,12-3)4-6-7(10)13-5-14-8(6)11/h5,12H,4H2,1-3H3. The molecule has 0 aliphatic rings. The number of likely N-dealkylation sites (N-methyl/N-ethyl adjacent to an activating group) is 1. The SMILES string of the molecule is CNC(C)(C)Cc1c(Cl)ncnc1Cl. The zero-order valence-electron chi connectivity index (χ0n) is 8.43. The lowest BCUT2D eigenvalue weighted by molar-refractivity contribution is 0.421. The molecule has 0 aromatic carbocycles. The molecule has 0 aliphatic carbocycles. The molecule has 0 fully saturated rings. The van der Waals surface area contributed by atoms with Crippen LogP contribution < -0.4 is 5.32 Å². The highest BCUT2D eigenvalue weighted by Gasteiger charge is 2.20. The summed E-state index contributed by atoms with van der Waals surface area (Å²) >= 11 is 11.9. The summed E-state index contributed by atoms with van der Waals surface area (Å²) in [7, 11) is 1.89. The van der Waals surface area contributed by atoms with Gasteiger partial charge < -0.3 is 5.32 Å². The van der Waals surface area contributed by atoms with Crippen LogP contribution in [0.5, 0.6) is 0 Å². The third kappa shape index (κ3) is 2.80. The normalized spacial score (nSPS) is 11.8. The van der Waals surface area contributed by atoms with Crippen molar-refractivity contribution in [2.75, 3.05) is 7.05 Å². The molecule has 0 unspecified atom stereocenters. The van der Waals surface area contributed by atoms with E-state index in [1.807, 2.05) is 7.05 Å². The van der Waals surface area contributed by atoms with E-state index in [0.29, 0.717) is 16.7 Å². The summed E-state index contributed by atoms with van der Waals surface area (Å²) < 4.78 is 0. The first-order valence-electron chi connectivity index (χ1n) is 4.30. The smallest absolute Gasteiger partial charge is 0.137 e. The Morgan fingerprint density at radius 2 is 1.79 bits per heavy atom. The van der Waals surface area contributed by atoms with Gasteiger partial charge in [0.2, 0.25) is 0 Å². The van der Waals surface area contributed by atoms with Gasteiger partial charge >= 0.3 is 0 Å². The summed E-state index contributed by atoms with van der Waals surface area (Å²) in [5.41, 5.74) is 0.716. The van der Waals surface area contributed by atoms with Crippen LogP contribution in [0.2, 0.25) is 10.3 Å². The molecular weight excluding hydrogens is 221 g/mol. The van der Waals surface area contributed by atoms with Gasteiger partial charge in [-0.25, -0.2) is 9.97 Å². The molecule has 3 nitrogen and oxygen atoms in total. The van der Waals surface area contributed by atoms with Crippen LogP contribution in [0, 0.1) is 0 Å². The van der Waals surface area contributed by atoms with Crippen LogP contribution in [0.4, 0.5) is 0 Å². The molecule has 0 saturated heterocycles. The van der Waals surface area contributed by atoms with E-state index >= 15 is 0 Å². The van der Waals surface area contributed by atoms with Gasteiger partial charge in [-0.2, -0.15) is 0 Å². The monoisotopic (exact) mass is 233 g/mol. The topological polar surface area (TPSA) is 37.8 Å². The average Bonchev–Trinajstić information content (AvgIpc) is 2.12. The molecule has 0 bridgehead atoms. The second-order valence-corrected chi connectivity index (χ2v) is 4.46. The molecule has 0 amide bonds. The molecule has 0 spiro atoms. The first kappa shape index (κ1) is 11.7. The predicted octanol–water partition coefficient (Wildman–Crippen LogP) is 2.32. The van der Waals surface area contributed by atoms with Crippen molar-refractivity contribution >= 4 is 23.2 Å². The fraction of sp³-hybridized carbons (Fsp3) is 0.556. The van der Waals surface area contributed by atoms with Gasteiger partial charge in [-0.1, -0.05) is 23.2 Å². The second kappa shape index (κ2) is 4.43. The van der Waals surface area contributed by atoms with Gasteiger partial charge in [0.1, 0.15) is 16.6 Å². The second-order valence-electron chi connectivity index (χ2n) is 3.74. The Morgan fingerprint density at radius 1 is 1.29 bits per heavy atom. The van der Waals surface area contributed by atoms with Crippen LogP contribution in [0.3, 0.4) is 0 Å². The van der Waals surface area contributed by atoms with Crippen molar-refractivity contribution in [3.8, 4) is 0 Å². The molecule has 78 valence electrons. The molecule has 1 N–H and O–H groups in total.